The molecule has 11 nitrogen and oxygen atoms in total. The van der Waals surface area contributed by atoms with Crippen LogP contribution in [0.3, 0.4) is 0 Å². The van der Waals surface area contributed by atoms with Crippen molar-refractivity contribution in [3.05, 3.63) is 0 Å². The molecule has 1 aliphatic rings. The molecule has 0 amide bonds. The van der Waals surface area contributed by atoms with Gasteiger partial charge in [0, 0.05) is 34.6 Å². The van der Waals surface area contributed by atoms with Gasteiger partial charge < -0.3 is 28.4 Å². The first-order valence-corrected chi connectivity index (χ1v) is 8.45. The van der Waals surface area contributed by atoms with Crippen molar-refractivity contribution in [2.24, 2.45) is 0 Å². The Kier molecular flexibility index (Phi) is 8.83. The molecular weight excluding hydrogens is 380 g/mol. The summed E-state index contributed by atoms with van der Waals surface area (Å²) in [6, 6.07) is 0. The van der Waals surface area contributed by atoms with Gasteiger partial charge in [-0.15, -0.1) is 0 Å². The minimum absolute atomic E-state index is 0.339. The zero-order valence-corrected chi connectivity index (χ0v) is 16.3. The zero-order chi connectivity index (χ0) is 21.4. The molecule has 0 aromatic carbocycles. The molecule has 0 bridgehead atoms. The predicted molar refractivity (Wildman–Crippen MR) is 88.6 cm³/mol. The van der Waals surface area contributed by atoms with Crippen molar-refractivity contribution < 1.29 is 52.4 Å². The fourth-order valence-corrected chi connectivity index (χ4v) is 2.65. The molecule has 0 aliphatic carbocycles. The first-order chi connectivity index (χ1) is 13.0. The Balaban J connectivity index is 3.26. The van der Waals surface area contributed by atoms with E-state index in [1.165, 1.54) is 13.8 Å². The maximum atomic E-state index is 11.6. The van der Waals surface area contributed by atoms with Crippen LogP contribution in [0.4, 0.5) is 0 Å². The number of hydrogen-bond acceptors (Lipinski definition) is 11. The average Bonchev–Trinajstić information content (AvgIpc) is 2.54. The zero-order valence-electron chi connectivity index (χ0n) is 16.3. The van der Waals surface area contributed by atoms with Gasteiger partial charge in [0.1, 0.15) is 25.4 Å². The van der Waals surface area contributed by atoms with Gasteiger partial charge in [-0.25, -0.2) is 0 Å². The molecule has 1 heterocycles. The van der Waals surface area contributed by atoms with E-state index >= 15 is 0 Å². The molecule has 0 spiro atoms. The van der Waals surface area contributed by atoms with E-state index in [4.69, 9.17) is 28.4 Å². The molecule has 158 valence electrons. The molecule has 1 saturated heterocycles. The van der Waals surface area contributed by atoms with Crippen LogP contribution in [0, 0.1) is 0 Å². The Hall–Kier alpha value is -2.69. The summed E-state index contributed by atoms with van der Waals surface area (Å²) in [7, 11) is 0. The predicted octanol–water partition coefficient (Wildman–Crippen LogP) is -0.325. The van der Waals surface area contributed by atoms with Crippen LogP contribution in [0.1, 0.15) is 34.6 Å². The minimum atomic E-state index is -1.28. The van der Waals surface area contributed by atoms with Crippen LogP contribution in [-0.2, 0) is 52.4 Å². The molecule has 1 rings (SSSR count). The van der Waals surface area contributed by atoms with Crippen molar-refractivity contribution in [2.75, 3.05) is 13.2 Å². The Morgan fingerprint density at radius 3 is 1.18 bits per heavy atom. The van der Waals surface area contributed by atoms with E-state index in [0.29, 0.717) is 0 Å². The third-order valence-corrected chi connectivity index (χ3v) is 3.54. The van der Waals surface area contributed by atoms with Crippen LogP contribution in [0.5, 0.6) is 0 Å². The summed E-state index contributed by atoms with van der Waals surface area (Å²) in [5, 5.41) is 0. The van der Waals surface area contributed by atoms with E-state index in [1.54, 1.807) is 0 Å². The first kappa shape index (κ1) is 23.3. The highest BCUT2D eigenvalue weighted by Gasteiger charge is 2.52. The summed E-state index contributed by atoms with van der Waals surface area (Å²) in [6.07, 6.45) is -5.88. The van der Waals surface area contributed by atoms with E-state index < -0.39 is 60.4 Å². The van der Waals surface area contributed by atoms with Gasteiger partial charge in [0.15, 0.2) is 18.3 Å². The van der Waals surface area contributed by atoms with Crippen molar-refractivity contribution >= 4 is 29.8 Å². The third kappa shape index (κ3) is 7.51. The molecule has 0 radical (unpaired) electrons. The van der Waals surface area contributed by atoms with Gasteiger partial charge in [-0.1, -0.05) is 0 Å². The lowest BCUT2D eigenvalue weighted by atomic mass is 9.94. The van der Waals surface area contributed by atoms with Crippen molar-refractivity contribution in [1.29, 1.82) is 0 Å². The monoisotopic (exact) mass is 404 g/mol. The molecule has 0 saturated carbocycles. The summed E-state index contributed by atoms with van der Waals surface area (Å²) in [5.41, 5.74) is 0. The number of ether oxygens (including phenoxy) is 6. The Labute approximate surface area is 161 Å². The fourth-order valence-electron chi connectivity index (χ4n) is 2.65. The molecule has 4 unspecified atom stereocenters. The summed E-state index contributed by atoms with van der Waals surface area (Å²) in [4.78, 5) is 57.0. The summed E-state index contributed by atoms with van der Waals surface area (Å²) in [6.45, 7) is 5.03. The average molecular weight is 404 g/mol. The van der Waals surface area contributed by atoms with Crippen molar-refractivity contribution in [3.8, 4) is 0 Å². The Bertz CT molecular complexity index is 570. The highest BCUT2D eigenvalue weighted by molar-refractivity contribution is 5.69. The van der Waals surface area contributed by atoms with Crippen LogP contribution >= 0.6 is 0 Å². The van der Waals surface area contributed by atoms with Gasteiger partial charge in [-0.05, 0) is 0 Å². The maximum Gasteiger partial charge on any atom is 0.303 e. The molecule has 1 aliphatic heterocycles. The number of carbonyl (C=O) groups excluding carboxylic acids is 5. The third-order valence-electron chi connectivity index (χ3n) is 3.54. The second-order valence-electron chi connectivity index (χ2n) is 6.04. The topological polar surface area (TPSA) is 141 Å². The molecule has 0 aromatic heterocycles. The van der Waals surface area contributed by atoms with Crippen molar-refractivity contribution in [2.45, 2.75) is 65.1 Å². The van der Waals surface area contributed by atoms with E-state index in [9.17, 15) is 24.0 Å². The number of esters is 5. The lowest BCUT2D eigenvalue weighted by Gasteiger charge is -2.44. The van der Waals surface area contributed by atoms with Gasteiger partial charge in [0.05, 0.1) is 0 Å². The van der Waals surface area contributed by atoms with Crippen LogP contribution in [0.2, 0.25) is 0 Å². The summed E-state index contributed by atoms with van der Waals surface area (Å²) >= 11 is 0. The van der Waals surface area contributed by atoms with Crippen LogP contribution in [0.25, 0.3) is 0 Å². The van der Waals surface area contributed by atoms with Crippen molar-refractivity contribution in [3.63, 3.8) is 0 Å². The quantitative estimate of drug-likeness (QED) is 0.407. The van der Waals surface area contributed by atoms with Gasteiger partial charge in [-0.2, -0.15) is 0 Å². The molecule has 28 heavy (non-hydrogen) atoms. The Morgan fingerprint density at radius 2 is 0.893 bits per heavy atom. The molecule has 1 fully saturated rings. The standard InChI is InChI=1S/C17H24O11/c1-8(18)23-6-13-15(25-10(3)20)17(27-12(5)22)16(26-11(4)21)14(28-13)7-24-9(2)19/h13-17H,6-7H2,1-5H3. The van der Waals surface area contributed by atoms with E-state index in [1.807, 2.05) is 0 Å². The number of hydrogen-bond donors (Lipinski definition) is 0. The summed E-state index contributed by atoms with van der Waals surface area (Å²) < 4.78 is 31.2. The number of rotatable bonds is 7. The molecule has 11 heteroatoms. The second-order valence-corrected chi connectivity index (χ2v) is 6.04. The highest BCUT2D eigenvalue weighted by atomic mass is 16.7. The van der Waals surface area contributed by atoms with E-state index in [0.717, 1.165) is 20.8 Å². The maximum absolute atomic E-state index is 11.6. The summed E-state index contributed by atoms with van der Waals surface area (Å²) in [5.74, 6) is -3.42. The molecule has 0 N–H and O–H groups in total. The normalized spacial score (nSPS) is 26.5. The lowest BCUT2D eigenvalue weighted by Crippen LogP contribution is -2.63. The highest BCUT2D eigenvalue weighted by Crippen LogP contribution is 2.29. The van der Waals surface area contributed by atoms with Gasteiger partial charge in [0.2, 0.25) is 0 Å². The fraction of sp³-hybridized carbons (Fsp3) is 0.706. The second kappa shape index (κ2) is 10.6. The van der Waals surface area contributed by atoms with Gasteiger partial charge in [-0.3, -0.25) is 24.0 Å². The molecule has 0 aromatic rings. The molecule has 4 atom stereocenters. The van der Waals surface area contributed by atoms with Crippen LogP contribution in [-0.4, -0.2) is 73.6 Å². The SMILES string of the molecule is CC(=O)OCC1OC(COC(C)=O)C(OC(C)=O)C(OC(C)=O)C1OC(C)=O. The molecular formula is C17H24O11. The number of carbonyl (C=O) groups is 5. The van der Waals surface area contributed by atoms with E-state index in [-0.39, 0.29) is 13.2 Å². The lowest BCUT2D eigenvalue weighted by molar-refractivity contribution is -0.257. The van der Waals surface area contributed by atoms with Crippen molar-refractivity contribution in [1.82, 2.24) is 0 Å². The van der Waals surface area contributed by atoms with Gasteiger partial charge in [0.25, 0.3) is 0 Å². The largest absolute Gasteiger partial charge is 0.463 e. The van der Waals surface area contributed by atoms with Gasteiger partial charge >= 0.3 is 29.8 Å². The van der Waals surface area contributed by atoms with E-state index in [2.05, 4.69) is 0 Å². The first-order valence-electron chi connectivity index (χ1n) is 8.45. The van der Waals surface area contributed by atoms with Crippen LogP contribution in [0.15, 0.2) is 0 Å². The smallest absolute Gasteiger partial charge is 0.303 e. The van der Waals surface area contributed by atoms with Crippen LogP contribution < -0.4 is 0 Å². The Morgan fingerprint density at radius 1 is 0.571 bits per heavy atom. The minimum Gasteiger partial charge on any atom is -0.463 e.